The molecule has 0 aromatic carbocycles. The van der Waals surface area contributed by atoms with Crippen LogP contribution in [0.2, 0.25) is 0 Å². The third-order valence-electron chi connectivity index (χ3n) is 2.03. The van der Waals surface area contributed by atoms with Crippen molar-refractivity contribution < 1.29 is 4.92 Å². The monoisotopic (exact) mass is 227 g/mol. The molecule has 1 aromatic heterocycles. The van der Waals surface area contributed by atoms with Gasteiger partial charge in [0, 0.05) is 12.0 Å². The van der Waals surface area contributed by atoms with Gasteiger partial charge >= 0.3 is 0 Å². The van der Waals surface area contributed by atoms with Crippen molar-refractivity contribution in [3.63, 3.8) is 0 Å². The lowest BCUT2D eigenvalue weighted by Gasteiger charge is -2.03. The summed E-state index contributed by atoms with van der Waals surface area (Å²) < 4.78 is 0. The van der Waals surface area contributed by atoms with Crippen LogP contribution < -0.4 is 0 Å². The molecule has 0 spiro atoms. The van der Waals surface area contributed by atoms with Gasteiger partial charge in [-0.3, -0.25) is 15.1 Å². The van der Waals surface area contributed by atoms with Crippen LogP contribution in [0.3, 0.4) is 0 Å². The Morgan fingerprint density at radius 1 is 1.60 bits per heavy atom. The van der Waals surface area contributed by atoms with Gasteiger partial charge in [-0.05, 0) is 6.92 Å². The van der Waals surface area contributed by atoms with E-state index < -0.39 is 6.04 Å². The summed E-state index contributed by atoms with van der Waals surface area (Å²) in [7, 11) is 1.71. The normalized spacial score (nSPS) is 20.5. The summed E-state index contributed by atoms with van der Waals surface area (Å²) >= 11 is 1.32. The van der Waals surface area contributed by atoms with E-state index in [1.165, 1.54) is 11.3 Å². The molecule has 0 fully saturated rings. The van der Waals surface area contributed by atoms with Crippen molar-refractivity contribution in [2.45, 2.75) is 13.0 Å². The van der Waals surface area contributed by atoms with Crippen molar-refractivity contribution in [3.05, 3.63) is 20.1 Å². The summed E-state index contributed by atoms with van der Waals surface area (Å²) in [6.45, 7) is 2.10. The van der Waals surface area contributed by atoms with Crippen LogP contribution in [0.25, 0.3) is 0 Å². The minimum absolute atomic E-state index is 0.293. The van der Waals surface area contributed by atoms with E-state index in [4.69, 9.17) is 0 Å². The fourth-order valence-corrected chi connectivity index (χ4v) is 2.10. The molecule has 1 aromatic rings. The van der Waals surface area contributed by atoms with Crippen molar-refractivity contribution >= 4 is 17.0 Å². The Bertz CT molecular complexity index is 429. The molecule has 0 N–H and O–H groups in total. The van der Waals surface area contributed by atoms with Crippen LogP contribution in [0.5, 0.6) is 0 Å². The predicted molar refractivity (Wildman–Crippen MR) is 54.6 cm³/mol. The number of aryl methyl sites for hydroxylation is 1. The van der Waals surface area contributed by atoms with E-state index in [0.29, 0.717) is 17.3 Å². The Morgan fingerprint density at radius 3 is 2.87 bits per heavy atom. The summed E-state index contributed by atoms with van der Waals surface area (Å²) in [5.41, 5.74) is 0.410. The van der Waals surface area contributed by atoms with Gasteiger partial charge in [0.05, 0.1) is 0 Å². The molecule has 0 saturated heterocycles. The third kappa shape index (κ3) is 1.80. The molecule has 1 aliphatic rings. The highest BCUT2D eigenvalue weighted by Gasteiger charge is 2.37. The smallest absolute Gasteiger partial charge is 0.278 e. The molecular formula is C7H9N5O2S. The first kappa shape index (κ1) is 9.97. The maximum absolute atomic E-state index is 10.8. The lowest BCUT2D eigenvalue weighted by molar-refractivity contribution is -0.500. The van der Waals surface area contributed by atoms with E-state index in [1.54, 1.807) is 12.1 Å². The van der Waals surface area contributed by atoms with Gasteiger partial charge in [-0.25, -0.2) is 0 Å². The summed E-state index contributed by atoms with van der Waals surface area (Å²) in [5, 5.41) is 25.5. The summed E-state index contributed by atoms with van der Waals surface area (Å²) in [4.78, 5) is 10.5. The summed E-state index contributed by atoms with van der Waals surface area (Å²) in [6.07, 6.45) is 0. The van der Waals surface area contributed by atoms with Gasteiger partial charge in [-0.2, -0.15) is 5.10 Å². The van der Waals surface area contributed by atoms with Gasteiger partial charge in [0.25, 0.3) is 6.04 Å². The second-order valence-corrected chi connectivity index (χ2v) is 4.43. The number of nitro groups is 1. The first-order chi connectivity index (χ1) is 7.08. The van der Waals surface area contributed by atoms with Crippen LogP contribution >= 0.6 is 11.3 Å². The molecule has 1 unspecified atom stereocenters. The SMILES string of the molecule is Cc1nnc(C2=NN(C)CC2[N+](=O)[O-])s1. The van der Waals surface area contributed by atoms with Crippen LogP contribution in [0.1, 0.15) is 10.0 Å². The molecule has 7 nitrogen and oxygen atoms in total. The highest BCUT2D eigenvalue weighted by Crippen LogP contribution is 2.18. The fraction of sp³-hybridized carbons (Fsp3) is 0.571. The minimum atomic E-state index is -0.789. The van der Waals surface area contributed by atoms with E-state index in [0.717, 1.165) is 5.01 Å². The Balaban J connectivity index is 2.34. The molecule has 15 heavy (non-hydrogen) atoms. The van der Waals surface area contributed by atoms with Gasteiger partial charge in [0.15, 0.2) is 10.7 Å². The molecule has 2 rings (SSSR count). The number of hydrogen-bond donors (Lipinski definition) is 0. The average molecular weight is 227 g/mol. The summed E-state index contributed by atoms with van der Waals surface area (Å²) in [6, 6.07) is -0.789. The lowest BCUT2D eigenvalue weighted by Crippen LogP contribution is -2.31. The standard InChI is InChI=1S/C7H9N5O2S/c1-4-8-9-7(15-4)6-5(12(13)14)3-11(2)10-6/h5H,3H2,1-2H3. The maximum atomic E-state index is 10.8. The molecule has 0 saturated carbocycles. The van der Waals surface area contributed by atoms with Crippen LogP contribution in [0.4, 0.5) is 0 Å². The average Bonchev–Trinajstić information content (AvgIpc) is 2.71. The van der Waals surface area contributed by atoms with Crippen LogP contribution in [-0.4, -0.2) is 45.5 Å². The quantitative estimate of drug-likeness (QED) is 0.530. The molecule has 0 radical (unpaired) electrons. The van der Waals surface area contributed by atoms with Gasteiger partial charge in [-0.15, -0.1) is 10.2 Å². The Hall–Kier alpha value is -1.57. The van der Waals surface area contributed by atoms with E-state index >= 15 is 0 Å². The third-order valence-corrected chi connectivity index (χ3v) is 2.89. The van der Waals surface area contributed by atoms with E-state index in [1.807, 2.05) is 6.92 Å². The van der Waals surface area contributed by atoms with E-state index in [-0.39, 0.29) is 4.92 Å². The van der Waals surface area contributed by atoms with E-state index in [2.05, 4.69) is 15.3 Å². The first-order valence-electron chi connectivity index (χ1n) is 4.31. The van der Waals surface area contributed by atoms with Crippen molar-refractivity contribution in [1.82, 2.24) is 15.2 Å². The van der Waals surface area contributed by atoms with Gasteiger partial charge in [-0.1, -0.05) is 11.3 Å². The largest absolute Gasteiger partial charge is 0.292 e. The summed E-state index contributed by atoms with van der Waals surface area (Å²) in [5.74, 6) is 0. The van der Waals surface area contributed by atoms with Crippen molar-refractivity contribution in [1.29, 1.82) is 0 Å². The van der Waals surface area contributed by atoms with Gasteiger partial charge in [0.2, 0.25) is 0 Å². The number of likely N-dealkylation sites (N-methyl/N-ethyl adjacent to an activating group) is 1. The fourth-order valence-electron chi connectivity index (χ4n) is 1.38. The predicted octanol–water partition coefficient (Wildman–Crippen LogP) is 0.141. The number of hydrogen-bond acceptors (Lipinski definition) is 7. The molecule has 80 valence electrons. The first-order valence-corrected chi connectivity index (χ1v) is 5.13. The zero-order chi connectivity index (χ0) is 11.0. The number of nitrogens with zero attached hydrogens (tertiary/aromatic N) is 5. The highest BCUT2D eigenvalue weighted by molar-refractivity contribution is 7.13. The highest BCUT2D eigenvalue weighted by atomic mass is 32.1. The number of aromatic nitrogens is 2. The minimum Gasteiger partial charge on any atom is -0.292 e. The second-order valence-electron chi connectivity index (χ2n) is 3.25. The number of hydrazone groups is 1. The Labute approximate surface area is 89.6 Å². The lowest BCUT2D eigenvalue weighted by atomic mass is 10.2. The van der Waals surface area contributed by atoms with Crippen molar-refractivity contribution in [3.8, 4) is 0 Å². The maximum Gasteiger partial charge on any atom is 0.278 e. The number of rotatable bonds is 2. The molecular weight excluding hydrogens is 218 g/mol. The molecule has 1 atom stereocenters. The van der Waals surface area contributed by atoms with Crippen LogP contribution in [0.15, 0.2) is 5.10 Å². The van der Waals surface area contributed by atoms with Crippen molar-refractivity contribution in [2.75, 3.05) is 13.6 Å². The van der Waals surface area contributed by atoms with Gasteiger partial charge in [0.1, 0.15) is 11.6 Å². The molecule has 0 amide bonds. The molecule has 1 aliphatic heterocycles. The Kier molecular flexibility index (Phi) is 2.35. The zero-order valence-corrected chi connectivity index (χ0v) is 9.06. The van der Waals surface area contributed by atoms with Crippen LogP contribution in [0, 0.1) is 17.0 Å². The van der Waals surface area contributed by atoms with Crippen molar-refractivity contribution in [2.24, 2.45) is 5.10 Å². The zero-order valence-electron chi connectivity index (χ0n) is 8.25. The molecule has 8 heteroatoms. The van der Waals surface area contributed by atoms with E-state index in [9.17, 15) is 10.1 Å². The molecule has 0 bridgehead atoms. The van der Waals surface area contributed by atoms with Crippen LogP contribution in [-0.2, 0) is 0 Å². The topological polar surface area (TPSA) is 84.5 Å². The molecule has 0 aliphatic carbocycles. The second kappa shape index (κ2) is 3.54. The Morgan fingerprint density at radius 2 is 2.33 bits per heavy atom. The van der Waals surface area contributed by atoms with Gasteiger partial charge < -0.3 is 0 Å². The molecule has 2 heterocycles.